The number of carbonyl (C=O) groups is 2. The van der Waals surface area contributed by atoms with E-state index in [2.05, 4.69) is 5.32 Å². The second-order valence-electron chi connectivity index (χ2n) is 3.96. The average Bonchev–Trinajstić information content (AvgIpc) is 2.31. The van der Waals surface area contributed by atoms with Gasteiger partial charge < -0.3 is 10.4 Å². The molecule has 0 aliphatic carbocycles. The molecule has 98 valence electrons. The lowest BCUT2D eigenvalue weighted by Crippen LogP contribution is -2.27. The van der Waals surface area contributed by atoms with Gasteiger partial charge in [-0.25, -0.2) is 0 Å². The third kappa shape index (κ3) is 6.30. The summed E-state index contributed by atoms with van der Waals surface area (Å²) in [5.41, 5.74) is 2.15. The molecule has 0 radical (unpaired) electrons. The topological polar surface area (TPSA) is 66.4 Å². The fourth-order valence-electron chi connectivity index (χ4n) is 1.38. The molecule has 0 spiro atoms. The van der Waals surface area contributed by atoms with Gasteiger partial charge in [0, 0.05) is 12.3 Å². The normalized spacial score (nSPS) is 10.1. The van der Waals surface area contributed by atoms with Gasteiger partial charge in [0.25, 0.3) is 0 Å². The summed E-state index contributed by atoms with van der Waals surface area (Å²) in [6.07, 6.45) is 0.365. The van der Waals surface area contributed by atoms with E-state index in [9.17, 15) is 9.59 Å². The summed E-state index contributed by atoms with van der Waals surface area (Å²) >= 11 is 1.30. The van der Waals surface area contributed by atoms with Crippen LogP contribution in [0.2, 0.25) is 0 Å². The predicted octanol–water partition coefficient (Wildman–Crippen LogP) is 1.47. The van der Waals surface area contributed by atoms with Crippen LogP contribution in [0, 0.1) is 6.92 Å². The second kappa shape index (κ2) is 7.76. The lowest BCUT2D eigenvalue weighted by Gasteiger charge is -2.05. The van der Waals surface area contributed by atoms with Crippen molar-refractivity contribution in [1.29, 1.82) is 0 Å². The Kier molecular flexibility index (Phi) is 6.28. The Bertz CT molecular complexity index is 403. The van der Waals surface area contributed by atoms with E-state index < -0.39 is 5.97 Å². The van der Waals surface area contributed by atoms with Gasteiger partial charge in [0.2, 0.25) is 5.91 Å². The summed E-state index contributed by atoms with van der Waals surface area (Å²) in [6.45, 7) is 2.51. The number of carbonyl (C=O) groups excluding carboxylic acids is 1. The van der Waals surface area contributed by atoms with Gasteiger partial charge >= 0.3 is 5.97 Å². The largest absolute Gasteiger partial charge is 0.481 e. The molecule has 0 atom stereocenters. The maximum atomic E-state index is 11.6. The molecule has 2 N–H and O–H groups in total. The Morgan fingerprint density at radius 1 is 1.28 bits per heavy atom. The summed E-state index contributed by atoms with van der Waals surface area (Å²) in [5.74, 6) is -0.166. The number of amides is 1. The van der Waals surface area contributed by atoms with Gasteiger partial charge in [0.1, 0.15) is 0 Å². The number of aliphatic carboxylic acids is 1. The highest BCUT2D eigenvalue weighted by Gasteiger charge is 2.03. The van der Waals surface area contributed by atoms with Gasteiger partial charge in [-0.1, -0.05) is 29.8 Å². The van der Waals surface area contributed by atoms with E-state index >= 15 is 0 Å². The lowest BCUT2D eigenvalue weighted by atomic mass is 10.1. The first-order chi connectivity index (χ1) is 8.58. The van der Waals surface area contributed by atoms with Crippen molar-refractivity contribution in [3.63, 3.8) is 0 Å². The summed E-state index contributed by atoms with van der Waals surface area (Å²) in [6, 6.07) is 7.83. The minimum Gasteiger partial charge on any atom is -0.481 e. The van der Waals surface area contributed by atoms with E-state index in [1.54, 1.807) is 0 Å². The van der Waals surface area contributed by atoms with Gasteiger partial charge in [-0.15, -0.1) is 11.8 Å². The summed E-state index contributed by atoms with van der Waals surface area (Å²) in [7, 11) is 0. The van der Waals surface area contributed by atoms with Crippen LogP contribution >= 0.6 is 11.8 Å². The summed E-state index contributed by atoms with van der Waals surface area (Å²) < 4.78 is 0. The molecule has 0 saturated heterocycles. The van der Waals surface area contributed by atoms with Crippen LogP contribution in [0.25, 0.3) is 0 Å². The number of rotatable bonds is 7. The number of carboxylic acid groups (broad SMARTS) is 1. The molecule has 0 unspecified atom stereocenters. The third-order valence-corrected chi connectivity index (χ3v) is 3.22. The molecule has 5 heteroatoms. The Hall–Kier alpha value is -1.49. The molecule has 18 heavy (non-hydrogen) atoms. The molecule has 1 aromatic rings. The number of nitrogens with one attached hydrogen (secondary N) is 1. The molecule has 4 nitrogen and oxygen atoms in total. The molecule has 0 bridgehead atoms. The van der Waals surface area contributed by atoms with Crippen LogP contribution < -0.4 is 5.32 Å². The number of hydrogen-bond acceptors (Lipinski definition) is 3. The van der Waals surface area contributed by atoms with Crippen molar-refractivity contribution in [2.24, 2.45) is 0 Å². The van der Waals surface area contributed by atoms with Crippen LogP contribution in [0.1, 0.15) is 11.1 Å². The van der Waals surface area contributed by atoms with Crippen molar-refractivity contribution in [3.8, 4) is 0 Å². The van der Waals surface area contributed by atoms with Crippen LogP contribution in [0.3, 0.4) is 0 Å². The van der Waals surface area contributed by atoms with Crippen molar-refractivity contribution in [1.82, 2.24) is 5.32 Å². The van der Waals surface area contributed by atoms with Crippen LogP contribution in [0.5, 0.6) is 0 Å². The fourth-order valence-corrected chi connectivity index (χ4v) is 1.94. The van der Waals surface area contributed by atoms with E-state index in [1.165, 1.54) is 17.3 Å². The molecule has 1 aromatic carbocycles. The maximum Gasteiger partial charge on any atom is 0.313 e. The van der Waals surface area contributed by atoms with E-state index in [1.807, 2.05) is 31.2 Å². The van der Waals surface area contributed by atoms with E-state index in [4.69, 9.17) is 5.11 Å². The first-order valence-electron chi connectivity index (χ1n) is 5.69. The zero-order chi connectivity index (χ0) is 13.4. The summed E-state index contributed by atoms with van der Waals surface area (Å²) in [5, 5.41) is 11.2. The Labute approximate surface area is 111 Å². The van der Waals surface area contributed by atoms with Gasteiger partial charge in [-0.05, 0) is 12.5 Å². The van der Waals surface area contributed by atoms with Crippen LogP contribution in [0.4, 0.5) is 0 Å². The Morgan fingerprint density at radius 2 is 1.94 bits per heavy atom. The van der Waals surface area contributed by atoms with Crippen LogP contribution in [-0.2, 0) is 16.0 Å². The first kappa shape index (κ1) is 14.6. The second-order valence-corrected chi connectivity index (χ2v) is 5.06. The molecule has 0 aliphatic rings. The molecule has 0 heterocycles. The Balaban J connectivity index is 2.17. The van der Waals surface area contributed by atoms with E-state index in [0.29, 0.717) is 18.7 Å². The highest BCUT2D eigenvalue weighted by molar-refractivity contribution is 7.99. The summed E-state index contributed by atoms with van der Waals surface area (Å²) in [4.78, 5) is 21.8. The first-order valence-corrected chi connectivity index (χ1v) is 6.85. The molecule has 1 amide bonds. The predicted molar refractivity (Wildman–Crippen MR) is 72.9 cm³/mol. The van der Waals surface area contributed by atoms with E-state index in [0.717, 1.165) is 5.56 Å². The number of carboxylic acids is 1. The number of thioether (sulfide) groups is 1. The number of hydrogen-bond donors (Lipinski definition) is 2. The number of benzene rings is 1. The zero-order valence-electron chi connectivity index (χ0n) is 10.3. The monoisotopic (exact) mass is 267 g/mol. The van der Waals surface area contributed by atoms with Crippen LogP contribution in [0.15, 0.2) is 24.3 Å². The van der Waals surface area contributed by atoms with Gasteiger partial charge in [-0.2, -0.15) is 0 Å². The van der Waals surface area contributed by atoms with Gasteiger partial charge in [0.15, 0.2) is 0 Å². The molecule has 0 aliphatic heterocycles. The third-order valence-electron chi connectivity index (χ3n) is 2.28. The molecule has 0 fully saturated rings. The standard InChI is InChI=1S/C13H17NO3S/c1-10-2-4-11(5-3-10)8-12(15)14-6-7-18-9-13(16)17/h2-5H,6-9H2,1H3,(H,14,15)(H,16,17). The zero-order valence-corrected chi connectivity index (χ0v) is 11.1. The van der Waals surface area contributed by atoms with Crippen molar-refractivity contribution < 1.29 is 14.7 Å². The molecule has 0 aromatic heterocycles. The lowest BCUT2D eigenvalue weighted by molar-refractivity contribution is -0.133. The van der Waals surface area contributed by atoms with E-state index in [-0.39, 0.29) is 11.7 Å². The quantitative estimate of drug-likeness (QED) is 0.734. The van der Waals surface area contributed by atoms with Crippen molar-refractivity contribution in [3.05, 3.63) is 35.4 Å². The van der Waals surface area contributed by atoms with Crippen LogP contribution in [-0.4, -0.2) is 35.0 Å². The minimum absolute atomic E-state index is 0.0326. The van der Waals surface area contributed by atoms with Crippen molar-refractivity contribution in [2.45, 2.75) is 13.3 Å². The smallest absolute Gasteiger partial charge is 0.313 e. The molecular formula is C13H17NO3S. The molecule has 1 rings (SSSR count). The van der Waals surface area contributed by atoms with Crippen molar-refractivity contribution >= 4 is 23.6 Å². The van der Waals surface area contributed by atoms with Gasteiger partial charge in [-0.3, -0.25) is 9.59 Å². The molecule has 0 saturated carbocycles. The van der Waals surface area contributed by atoms with Gasteiger partial charge in [0.05, 0.1) is 12.2 Å². The number of aryl methyl sites for hydroxylation is 1. The Morgan fingerprint density at radius 3 is 2.56 bits per heavy atom. The SMILES string of the molecule is Cc1ccc(CC(=O)NCCSCC(=O)O)cc1. The van der Waals surface area contributed by atoms with Crippen molar-refractivity contribution in [2.75, 3.05) is 18.1 Å². The highest BCUT2D eigenvalue weighted by Crippen LogP contribution is 2.03. The molecular weight excluding hydrogens is 250 g/mol. The average molecular weight is 267 g/mol. The minimum atomic E-state index is -0.828. The maximum absolute atomic E-state index is 11.6. The highest BCUT2D eigenvalue weighted by atomic mass is 32.2. The fraction of sp³-hybridized carbons (Fsp3) is 0.385.